The summed E-state index contributed by atoms with van der Waals surface area (Å²) in [6.07, 6.45) is 4.68. The normalized spacial score (nSPS) is 23.6. The zero-order chi connectivity index (χ0) is 8.97. The molecular formula is C9H14O3. The summed E-state index contributed by atoms with van der Waals surface area (Å²) >= 11 is 0. The van der Waals surface area contributed by atoms with Gasteiger partial charge in [0.05, 0.1) is 0 Å². The molecule has 1 unspecified atom stereocenters. The van der Waals surface area contributed by atoms with Crippen LogP contribution < -0.4 is 0 Å². The van der Waals surface area contributed by atoms with E-state index in [1.807, 2.05) is 6.08 Å². The summed E-state index contributed by atoms with van der Waals surface area (Å²) in [6, 6.07) is 0. The molecular weight excluding hydrogens is 156 g/mol. The number of hydrogen-bond donors (Lipinski definition) is 0. The Labute approximate surface area is 72.4 Å². The van der Waals surface area contributed by atoms with Crippen LogP contribution in [0.25, 0.3) is 0 Å². The lowest BCUT2D eigenvalue weighted by Gasteiger charge is -2.23. The van der Waals surface area contributed by atoms with Crippen LogP contribution in [0.2, 0.25) is 0 Å². The number of rotatable bonds is 3. The van der Waals surface area contributed by atoms with Crippen LogP contribution in [0.5, 0.6) is 0 Å². The molecule has 0 aromatic rings. The summed E-state index contributed by atoms with van der Waals surface area (Å²) in [5.41, 5.74) is 0. The van der Waals surface area contributed by atoms with Crippen LogP contribution in [0.1, 0.15) is 12.8 Å². The van der Waals surface area contributed by atoms with E-state index in [1.54, 1.807) is 20.3 Å². The molecule has 0 saturated heterocycles. The molecule has 0 radical (unpaired) electrons. The standard InChI is InChI=1S/C9H14O3/c1-11-9(12-2)7-3-5-8(10)6-4-7/h3,5,7,9H,4,6H2,1-2H3. The molecule has 1 rings (SSSR count). The first-order valence-electron chi connectivity index (χ1n) is 4.04. The highest BCUT2D eigenvalue weighted by Gasteiger charge is 2.21. The Kier molecular flexibility index (Phi) is 3.44. The van der Waals surface area contributed by atoms with Gasteiger partial charge in [0.1, 0.15) is 0 Å². The molecule has 3 heteroatoms. The molecule has 0 bridgehead atoms. The van der Waals surface area contributed by atoms with Gasteiger partial charge in [0.25, 0.3) is 0 Å². The number of carbonyl (C=O) groups is 1. The molecule has 1 aliphatic carbocycles. The minimum Gasteiger partial charge on any atom is -0.355 e. The minimum atomic E-state index is -0.214. The third-order valence-electron chi connectivity index (χ3n) is 2.07. The minimum absolute atomic E-state index is 0.192. The molecule has 0 amide bonds. The van der Waals surface area contributed by atoms with Gasteiger partial charge in [-0.25, -0.2) is 0 Å². The highest BCUT2D eigenvalue weighted by Crippen LogP contribution is 2.20. The third-order valence-corrected chi connectivity index (χ3v) is 2.07. The van der Waals surface area contributed by atoms with Crippen LogP contribution in [0.3, 0.4) is 0 Å². The van der Waals surface area contributed by atoms with Crippen molar-refractivity contribution in [3.8, 4) is 0 Å². The van der Waals surface area contributed by atoms with E-state index in [9.17, 15) is 4.79 Å². The molecule has 3 nitrogen and oxygen atoms in total. The van der Waals surface area contributed by atoms with Crippen LogP contribution in [-0.2, 0) is 14.3 Å². The molecule has 0 fully saturated rings. The summed E-state index contributed by atoms with van der Waals surface area (Å²) < 4.78 is 10.2. The summed E-state index contributed by atoms with van der Waals surface area (Å²) in [4.78, 5) is 10.8. The van der Waals surface area contributed by atoms with Gasteiger partial charge in [-0.3, -0.25) is 4.79 Å². The number of ether oxygens (including phenoxy) is 2. The summed E-state index contributed by atoms with van der Waals surface area (Å²) in [5, 5.41) is 0. The lowest BCUT2D eigenvalue weighted by molar-refractivity contribution is -0.132. The zero-order valence-electron chi connectivity index (χ0n) is 7.45. The summed E-state index contributed by atoms with van der Waals surface area (Å²) in [5.74, 6) is 0.412. The van der Waals surface area contributed by atoms with Crippen molar-refractivity contribution in [3.63, 3.8) is 0 Å². The number of carbonyl (C=O) groups excluding carboxylic acids is 1. The van der Waals surface area contributed by atoms with Crippen molar-refractivity contribution in [1.29, 1.82) is 0 Å². The lowest BCUT2D eigenvalue weighted by Crippen LogP contribution is -2.25. The molecule has 0 heterocycles. The third kappa shape index (κ3) is 2.16. The molecule has 0 spiro atoms. The lowest BCUT2D eigenvalue weighted by atomic mass is 9.95. The Morgan fingerprint density at radius 2 is 2.17 bits per heavy atom. The maximum absolute atomic E-state index is 10.8. The Hall–Kier alpha value is -0.670. The largest absolute Gasteiger partial charge is 0.355 e. The molecule has 0 aliphatic heterocycles. The van der Waals surface area contributed by atoms with Crippen LogP contribution in [-0.4, -0.2) is 26.3 Å². The van der Waals surface area contributed by atoms with E-state index in [4.69, 9.17) is 9.47 Å². The smallest absolute Gasteiger partial charge is 0.163 e. The van der Waals surface area contributed by atoms with Gasteiger partial charge in [0.15, 0.2) is 12.1 Å². The van der Waals surface area contributed by atoms with Gasteiger partial charge in [0.2, 0.25) is 0 Å². The van der Waals surface area contributed by atoms with Gasteiger partial charge in [-0.2, -0.15) is 0 Å². The summed E-state index contributed by atoms with van der Waals surface area (Å²) in [6.45, 7) is 0. The SMILES string of the molecule is COC(OC)C1C=CC(=O)CC1. The van der Waals surface area contributed by atoms with Crippen LogP contribution in [0.4, 0.5) is 0 Å². The molecule has 0 saturated carbocycles. The van der Waals surface area contributed by atoms with Crippen molar-refractivity contribution in [1.82, 2.24) is 0 Å². The van der Waals surface area contributed by atoms with Crippen LogP contribution in [0.15, 0.2) is 12.2 Å². The maximum Gasteiger partial charge on any atom is 0.163 e. The topological polar surface area (TPSA) is 35.5 Å². The maximum atomic E-state index is 10.8. The molecule has 1 aliphatic rings. The second-order valence-corrected chi connectivity index (χ2v) is 2.87. The van der Waals surface area contributed by atoms with Crippen molar-refractivity contribution in [3.05, 3.63) is 12.2 Å². The molecule has 0 aromatic heterocycles. The molecule has 12 heavy (non-hydrogen) atoms. The van der Waals surface area contributed by atoms with E-state index in [1.165, 1.54) is 0 Å². The van der Waals surface area contributed by atoms with Crippen molar-refractivity contribution < 1.29 is 14.3 Å². The first-order valence-corrected chi connectivity index (χ1v) is 4.04. The second kappa shape index (κ2) is 4.38. The van der Waals surface area contributed by atoms with E-state index < -0.39 is 0 Å². The highest BCUT2D eigenvalue weighted by atomic mass is 16.7. The number of hydrogen-bond acceptors (Lipinski definition) is 3. The van der Waals surface area contributed by atoms with Crippen LogP contribution in [0, 0.1) is 5.92 Å². The number of methoxy groups -OCH3 is 2. The fraction of sp³-hybridized carbons (Fsp3) is 0.667. The van der Waals surface area contributed by atoms with Gasteiger partial charge < -0.3 is 9.47 Å². The quantitative estimate of drug-likeness (QED) is 0.596. The first-order chi connectivity index (χ1) is 5.77. The number of ketones is 1. The Balaban J connectivity index is 2.52. The van der Waals surface area contributed by atoms with Crippen molar-refractivity contribution in [2.75, 3.05) is 14.2 Å². The van der Waals surface area contributed by atoms with Gasteiger partial charge in [0, 0.05) is 26.6 Å². The molecule has 68 valence electrons. The Bertz CT molecular complexity index is 182. The fourth-order valence-corrected chi connectivity index (χ4v) is 1.39. The van der Waals surface area contributed by atoms with Crippen molar-refractivity contribution in [2.45, 2.75) is 19.1 Å². The number of allylic oxidation sites excluding steroid dienone is 1. The first kappa shape index (κ1) is 9.42. The van der Waals surface area contributed by atoms with E-state index >= 15 is 0 Å². The van der Waals surface area contributed by atoms with Gasteiger partial charge >= 0.3 is 0 Å². The van der Waals surface area contributed by atoms with E-state index in [0.29, 0.717) is 6.42 Å². The van der Waals surface area contributed by atoms with Gasteiger partial charge in [-0.15, -0.1) is 0 Å². The van der Waals surface area contributed by atoms with Gasteiger partial charge in [-0.1, -0.05) is 6.08 Å². The van der Waals surface area contributed by atoms with E-state index in [2.05, 4.69) is 0 Å². The fourth-order valence-electron chi connectivity index (χ4n) is 1.39. The van der Waals surface area contributed by atoms with Gasteiger partial charge in [-0.05, 0) is 12.5 Å². The van der Waals surface area contributed by atoms with Crippen molar-refractivity contribution in [2.24, 2.45) is 5.92 Å². The molecule has 0 N–H and O–H groups in total. The van der Waals surface area contributed by atoms with Crippen LogP contribution >= 0.6 is 0 Å². The summed E-state index contributed by atoms with van der Waals surface area (Å²) in [7, 11) is 3.22. The van der Waals surface area contributed by atoms with E-state index in [0.717, 1.165) is 6.42 Å². The average Bonchev–Trinajstić information content (AvgIpc) is 2.10. The highest BCUT2D eigenvalue weighted by molar-refractivity contribution is 5.90. The Morgan fingerprint density at radius 1 is 1.50 bits per heavy atom. The average molecular weight is 170 g/mol. The van der Waals surface area contributed by atoms with Crippen molar-refractivity contribution >= 4 is 5.78 Å². The predicted octanol–water partition coefficient (Wildman–Crippen LogP) is 1.14. The second-order valence-electron chi connectivity index (χ2n) is 2.87. The Morgan fingerprint density at radius 3 is 2.58 bits per heavy atom. The zero-order valence-corrected chi connectivity index (χ0v) is 7.45. The molecule has 0 aromatic carbocycles. The predicted molar refractivity (Wildman–Crippen MR) is 44.7 cm³/mol. The van der Waals surface area contributed by atoms with E-state index in [-0.39, 0.29) is 18.0 Å². The monoisotopic (exact) mass is 170 g/mol. The molecule has 1 atom stereocenters.